The fourth-order valence-corrected chi connectivity index (χ4v) is 4.18. The summed E-state index contributed by atoms with van der Waals surface area (Å²) in [6.07, 6.45) is 0. The largest absolute Gasteiger partial charge is 0.504 e. The second-order valence-electron chi connectivity index (χ2n) is 7.92. The Hall–Kier alpha value is -5.13. The van der Waals surface area contributed by atoms with E-state index in [1.807, 2.05) is 0 Å². The third kappa shape index (κ3) is 3.75. The highest BCUT2D eigenvalue weighted by atomic mass is 16.5. The van der Waals surface area contributed by atoms with Gasteiger partial charge in [0.05, 0.1) is 38.3 Å². The van der Waals surface area contributed by atoms with Crippen molar-refractivity contribution in [3.8, 4) is 39.8 Å². The fourth-order valence-electron chi connectivity index (χ4n) is 4.18. The van der Waals surface area contributed by atoms with Crippen molar-refractivity contribution < 1.29 is 38.8 Å². The molecule has 3 aromatic rings. The first kappa shape index (κ1) is 25.0. The number of aromatic carboxylic acids is 1. The number of Topliss-reactive ketones (excluding diaryl/α,β-unsaturated/α-hetero) is 2. The van der Waals surface area contributed by atoms with E-state index in [0.29, 0.717) is 0 Å². The molecule has 12 heteroatoms. The molecule has 0 fully saturated rings. The highest BCUT2D eigenvalue weighted by molar-refractivity contribution is 6.25. The molecule has 190 valence electrons. The minimum atomic E-state index is -1.36. The molecule has 12 nitrogen and oxygen atoms in total. The van der Waals surface area contributed by atoms with Crippen LogP contribution in [0.4, 0.5) is 5.69 Å². The average Bonchev–Trinajstić information content (AvgIpc) is 2.88. The second-order valence-corrected chi connectivity index (χ2v) is 7.92. The lowest BCUT2D eigenvalue weighted by atomic mass is 9.95. The summed E-state index contributed by atoms with van der Waals surface area (Å²) in [6.45, 7) is 1.49. The van der Waals surface area contributed by atoms with Crippen LogP contribution >= 0.6 is 0 Å². The zero-order valence-corrected chi connectivity index (χ0v) is 20.2. The normalized spacial score (nSPS) is 12.9. The topological polar surface area (TPSA) is 197 Å². The van der Waals surface area contributed by atoms with Gasteiger partial charge in [0, 0.05) is 11.1 Å². The zero-order chi connectivity index (χ0) is 27.2. The molecule has 0 bridgehead atoms. The van der Waals surface area contributed by atoms with Crippen LogP contribution in [0.25, 0.3) is 22.5 Å². The van der Waals surface area contributed by atoms with Gasteiger partial charge in [-0.1, -0.05) is 0 Å². The minimum Gasteiger partial charge on any atom is -0.504 e. The van der Waals surface area contributed by atoms with Gasteiger partial charge in [0.2, 0.25) is 17.3 Å². The number of phenolic OH excluding ortho intramolecular Hbond substituents is 1. The van der Waals surface area contributed by atoms with E-state index in [9.17, 15) is 24.6 Å². The fraction of sp³-hybridized carbons (Fsp3) is 0.160. The van der Waals surface area contributed by atoms with Crippen LogP contribution in [0.3, 0.4) is 0 Å². The van der Waals surface area contributed by atoms with Crippen LogP contribution in [-0.2, 0) is 4.74 Å². The molecule has 6 N–H and O–H groups in total. The van der Waals surface area contributed by atoms with Crippen LogP contribution in [0.15, 0.2) is 35.7 Å². The van der Waals surface area contributed by atoms with E-state index < -0.39 is 23.2 Å². The number of methoxy groups -OCH3 is 3. The van der Waals surface area contributed by atoms with Crippen molar-refractivity contribution in [3.63, 3.8) is 0 Å². The summed E-state index contributed by atoms with van der Waals surface area (Å²) in [5, 5.41) is 20.8. The van der Waals surface area contributed by atoms with E-state index >= 15 is 0 Å². The number of anilines is 1. The lowest BCUT2D eigenvalue weighted by Crippen LogP contribution is -2.28. The van der Waals surface area contributed by atoms with Gasteiger partial charge < -0.3 is 35.9 Å². The van der Waals surface area contributed by atoms with E-state index in [1.54, 1.807) is 0 Å². The maximum absolute atomic E-state index is 12.8. The third-order valence-electron chi connectivity index (χ3n) is 5.97. The molecule has 1 aromatic carbocycles. The van der Waals surface area contributed by atoms with Crippen LogP contribution in [0.2, 0.25) is 0 Å². The number of fused-ring (bicyclic) bond motifs is 1. The number of rotatable bonds is 6. The molecule has 0 amide bonds. The number of phenols is 1. The molecule has 2 aromatic heterocycles. The summed E-state index contributed by atoms with van der Waals surface area (Å²) in [4.78, 5) is 46.0. The van der Waals surface area contributed by atoms with Crippen molar-refractivity contribution in [1.82, 2.24) is 9.97 Å². The van der Waals surface area contributed by atoms with Crippen LogP contribution < -0.4 is 20.9 Å². The summed E-state index contributed by atoms with van der Waals surface area (Å²) in [5.74, 6) is -3.10. The Labute approximate surface area is 210 Å². The van der Waals surface area contributed by atoms with E-state index in [2.05, 4.69) is 9.97 Å². The molecule has 0 radical (unpaired) electrons. The van der Waals surface area contributed by atoms with E-state index in [0.717, 1.165) is 0 Å². The highest BCUT2D eigenvalue weighted by Crippen LogP contribution is 2.47. The summed E-state index contributed by atoms with van der Waals surface area (Å²) in [6, 6.07) is 5.72. The van der Waals surface area contributed by atoms with Gasteiger partial charge in [-0.25, -0.2) is 14.8 Å². The Morgan fingerprint density at radius 1 is 0.892 bits per heavy atom. The number of benzene rings is 1. The summed E-state index contributed by atoms with van der Waals surface area (Å²) in [5.41, 5.74) is 11.6. The number of hydrogen-bond donors (Lipinski definition) is 4. The first-order chi connectivity index (χ1) is 17.6. The van der Waals surface area contributed by atoms with Gasteiger partial charge in [-0.2, -0.15) is 0 Å². The molecule has 0 saturated carbocycles. The number of pyridine rings is 2. The predicted molar refractivity (Wildman–Crippen MR) is 131 cm³/mol. The van der Waals surface area contributed by atoms with Gasteiger partial charge in [-0.15, -0.1) is 0 Å². The van der Waals surface area contributed by atoms with Crippen molar-refractivity contribution in [3.05, 3.63) is 58.2 Å². The van der Waals surface area contributed by atoms with E-state index in [4.69, 9.17) is 25.7 Å². The van der Waals surface area contributed by atoms with E-state index in [1.165, 1.54) is 52.5 Å². The van der Waals surface area contributed by atoms with Crippen molar-refractivity contribution in [2.75, 3.05) is 27.1 Å². The third-order valence-corrected chi connectivity index (χ3v) is 5.97. The van der Waals surface area contributed by atoms with Crippen molar-refractivity contribution in [2.45, 2.75) is 6.92 Å². The van der Waals surface area contributed by atoms with Crippen LogP contribution in [0.5, 0.6) is 17.2 Å². The molecule has 1 aliphatic rings. The van der Waals surface area contributed by atoms with Gasteiger partial charge in [0.1, 0.15) is 17.1 Å². The second kappa shape index (κ2) is 9.15. The van der Waals surface area contributed by atoms with Gasteiger partial charge in [-0.05, 0) is 36.8 Å². The number of nitrogens with zero attached hydrogens (tertiary/aromatic N) is 2. The maximum atomic E-state index is 12.8. The summed E-state index contributed by atoms with van der Waals surface area (Å²) in [7, 11) is 3.95. The van der Waals surface area contributed by atoms with Crippen LogP contribution in [0.1, 0.15) is 36.9 Å². The number of carbonyl (C=O) groups excluding carboxylic acids is 2. The van der Waals surface area contributed by atoms with Crippen LogP contribution in [0, 0.1) is 6.92 Å². The Morgan fingerprint density at radius 2 is 1.57 bits per heavy atom. The van der Waals surface area contributed by atoms with Gasteiger partial charge in [0.15, 0.2) is 23.0 Å². The molecule has 0 saturated heterocycles. The Bertz CT molecular complexity index is 1540. The average molecular weight is 507 g/mol. The van der Waals surface area contributed by atoms with Gasteiger partial charge in [0.25, 0.3) is 0 Å². The first-order valence-corrected chi connectivity index (χ1v) is 10.7. The zero-order valence-electron chi connectivity index (χ0n) is 20.2. The lowest BCUT2D eigenvalue weighted by molar-refractivity contribution is 0.0689. The maximum Gasteiger partial charge on any atom is 0.354 e. The molecular formula is C25H22N4O8. The molecule has 37 heavy (non-hydrogen) atoms. The summed E-state index contributed by atoms with van der Waals surface area (Å²) >= 11 is 0. The number of allylic oxidation sites excluding steroid dienone is 2. The lowest BCUT2D eigenvalue weighted by Gasteiger charge is -2.20. The minimum absolute atomic E-state index is 0.00906. The van der Waals surface area contributed by atoms with Crippen molar-refractivity contribution in [1.29, 1.82) is 0 Å². The SMILES string of the molecule is COC1=C(N)C(=O)c2nc(-c3nc(C(=O)O)c(C)c(-c4ccc(OC)c(OC)c4O)[13c]3N)ccc2C1=O. The number of hydrogen-bond acceptors (Lipinski definition) is 11. The number of carboxylic acid groups (broad SMARTS) is 1. The number of ketones is 2. The smallest absolute Gasteiger partial charge is 0.354 e. The van der Waals surface area contributed by atoms with Crippen molar-refractivity contribution in [2.24, 2.45) is 5.73 Å². The molecule has 0 atom stereocenters. The van der Waals surface area contributed by atoms with E-state index in [-0.39, 0.29) is 73.7 Å². The number of nitrogens with two attached hydrogens (primary N) is 2. The summed E-state index contributed by atoms with van der Waals surface area (Å²) < 4.78 is 15.4. The number of carbonyl (C=O) groups is 3. The first-order valence-electron chi connectivity index (χ1n) is 10.7. The molecule has 1 aliphatic carbocycles. The Morgan fingerprint density at radius 3 is 2.16 bits per heavy atom. The Balaban J connectivity index is 2.01. The number of carboxylic acids is 1. The molecule has 4 rings (SSSR count). The van der Waals surface area contributed by atoms with Gasteiger partial charge >= 0.3 is 5.97 Å². The predicted octanol–water partition coefficient (Wildman–Crippen LogP) is 2.32. The quantitative estimate of drug-likeness (QED) is 0.380. The number of aromatic nitrogens is 2. The molecule has 0 aliphatic heterocycles. The monoisotopic (exact) mass is 507 g/mol. The molecular weight excluding hydrogens is 485 g/mol. The van der Waals surface area contributed by atoms with Gasteiger partial charge in [-0.3, -0.25) is 9.59 Å². The number of aromatic hydroxyl groups is 1. The number of nitrogen functional groups attached to an aromatic ring is 1. The molecule has 0 spiro atoms. The standard InChI is InChI=1S/C25H22N4O8/c1-9-14(10-6-8-13(35-2)23(36-3)20(10)30)15(26)19(29-17(9)25(33)34)12-7-5-11-18(28-12)22(32)16(27)24(37-4)21(11)31/h5-8,30H,26-27H2,1-4H3,(H,33,34)/i15+1. The van der Waals surface area contributed by atoms with Crippen LogP contribution in [-0.4, -0.2) is 59.0 Å². The highest BCUT2D eigenvalue weighted by Gasteiger charge is 2.34. The molecule has 0 unspecified atom stereocenters. The number of ether oxygens (including phenoxy) is 3. The Kier molecular flexibility index (Phi) is 6.18. The molecule has 2 heterocycles. The van der Waals surface area contributed by atoms with Crippen molar-refractivity contribution >= 4 is 23.2 Å².